The largest absolute Gasteiger partial charge is 0.497 e. The number of aryl methyl sites for hydroxylation is 1. The number of rotatable bonds is 6. The van der Waals surface area contributed by atoms with Gasteiger partial charge < -0.3 is 23.7 Å². The summed E-state index contributed by atoms with van der Waals surface area (Å²) in [6.45, 7) is 3.88. The highest BCUT2D eigenvalue weighted by molar-refractivity contribution is 5.97. The molecule has 1 fully saturated rings. The molecule has 1 amide bonds. The topological polar surface area (TPSA) is 65.8 Å². The fourth-order valence-corrected chi connectivity index (χ4v) is 3.73. The lowest BCUT2D eigenvalue weighted by Crippen LogP contribution is -2.41. The first kappa shape index (κ1) is 19.2. The number of hydrogen-bond acceptors (Lipinski definition) is 5. The molecule has 1 aromatic heterocycles. The molecule has 0 aliphatic carbocycles. The van der Waals surface area contributed by atoms with E-state index < -0.39 is 0 Å². The van der Waals surface area contributed by atoms with Gasteiger partial charge in [-0.25, -0.2) is 4.98 Å². The first-order valence-electron chi connectivity index (χ1n) is 9.12. The summed E-state index contributed by atoms with van der Waals surface area (Å²) in [4.78, 5) is 19.5. The van der Waals surface area contributed by atoms with E-state index in [1.807, 2.05) is 18.0 Å². The minimum Gasteiger partial charge on any atom is -0.497 e. The maximum Gasteiger partial charge on any atom is 0.257 e. The van der Waals surface area contributed by atoms with Crippen LogP contribution in [0.25, 0.3) is 0 Å². The SMILES string of the molecule is COCc1ncc(C)n1C1CCCN(C(=O)c2ccc(OC)cc2OC)C1. The van der Waals surface area contributed by atoms with Gasteiger partial charge in [0.25, 0.3) is 5.91 Å². The molecule has 0 bridgehead atoms. The number of methoxy groups -OCH3 is 3. The molecule has 0 spiro atoms. The van der Waals surface area contributed by atoms with Crippen molar-refractivity contribution in [1.29, 1.82) is 0 Å². The van der Waals surface area contributed by atoms with Crippen LogP contribution in [-0.2, 0) is 11.3 Å². The summed E-state index contributed by atoms with van der Waals surface area (Å²) in [7, 11) is 4.83. The fraction of sp³-hybridized carbons (Fsp3) is 0.500. The number of ether oxygens (including phenoxy) is 3. The zero-order valence-electron chi connectivity index (χ0n) is 16.4. The van der Waals surface area contributed by atoms with E-state index in [4.69, 9.17) is 14.2 Å². The molecular formula is C20H27N3O4. The molecular weight excluding hydrogens is 346 g/mol. The molecule has 2 aromatic rings. The summed E-state index contributed by atoms with van der Waals surface area (Å²) in [6.07, 6.45) is 3.82. The van der Waals surface area contributed by atoms with E-state index in [-0.39, 0.29) is 11.9 Å². The minimum absolute atomic E-state index is 0.0229. The lowest BCUT2D eigenvalue weighted by atomic mass is 10.0. The molecule has 2 heterocycles. The number of carbonyl (C=O) groups excluding carboxylic acids is 1. The van der Waals surface area contributed by atoms with Gasteiger partial charge in [0.2, 0.25) is 0 Å². The highest BCUT2D eigenvalue weighted by atomic mass is 16.5. The molecule has 27 heavy (non-hydrogen) atoms. The third kappa shape index (κ3) is 3.93. The maximum absolute atomic E-state index is 13.1. The van der Waals surface area contributed by atoms with E-state index in [2.05, 4.69) is 9.55 Å². The third-order valence-electron chi connectivity index (χ3n) is 5.02. The Morgan fingerprint density at radius 3 is 2.78 bits per heavy atom. The summed E-state index contributed by atoms with van der Waals surface area (Å²) < 4.78 is 18.1. The number of piperidine rings is 1. The van der Waals surface area contributed by atoms with E-state index in [0.29, 0.717) is 30.2 Å². The van der Waals surface area contributed by atoms with Crippen molar-refractivity contribution in [3.63, 3.8) is 0 Å². The monoisotopic (exact) mass is 373 g/mol. The van der Waals surface area contributed by atoms with Crippen molar-refractivity contribution in [2.24, 2.45) is 0 Å². The van der Waals surface area contributed by atoms with Crippen LogP contribution in [0.4, 0.5) is 0 Å². The van der Waals surface area contributed by atoms with Crippen molar-refractivity contribution >= 4 is 5.91 Å². The number of nitrogens with zero attached hydrogens (tertiary/aromatic N) is 3. The fourth-order valence-electron chi connectivity index (χ4n) is 3.73. The van der Waals surface area contributed by atoms with E-state index in [1.54, 1.807) is 39.5 Å². The molecule has 1 aliphatic heterocycles. The maximum atomic E-state index is 13.1. The quantitative estimate of drug-likeness (QED) is 0.779. The van der Waals surface area contributed by atoms with Crippen LogP contribution in [0.15, 0.2) is 24.4 Å². The Morgan fingerprint density at radius 2 is 2.07 bits per heavy atom. The van der Waals surface area contributed by atoms with Crippen molar-refractivity contribution < 1.29 is 19.0 Å². The van der Waals surface area contributed by atoms with Crippen molar-refractivity contribution in [1.82, 2.24) is 14.5 Å². The Bertz CT molecular complexity index is 803. The van der Waals surface area contributed by atoms with Crippen LogP contribution in [0.5, 0.6) is 11.5 Å². The zero-order valence-corrected chi connectivity index (χ0v) is 16.4. The Balaban J connectivity index is 1.82. The van der Waals surface area contributed by atoms with Gasteiger partial charge in [0.05, 0.1) is 25.8 Å². The molecule has 1 unspecified atom stereocenters. The number of likely N-dealkylation sites (tertiary alicyclic amines) is 1. The van der Waals surface area contributed by atoms with Crippen LogP contribution in [0.2, 0.25) is 0 Å². The first-order chi connectivity index (χ1) is 13.1. The average Bonchev–Trinajstić information content (AvgIpc) is 3.07. The van der Waals surface area contributed by atoms with Gasteiger partial charge in [-0.1, -0.05) is 0 Å². The Hall–Kier alpha value is -2.54. The number of aromatic nitrogens is 2. The number of imidazole rings is 1. The van der Waals surface area contributed by atoms with Crippen LogP contribution in [0.1, 0.15) is 40.8 Å². The molecule has 0 radical (unpaired) electrons. The summed E-state index contributed by atoms with van der Waals surface area (Å²) in [5.74, 6) is 2.07. The second-order valence-corrected chi connectivity index (χ2v) is 6.73. The molecule has 7 heteroatoms. The minimum atomic E-state index is -0.0229. The molecule has 1 atom stereocenters. The van der Waals surface area contributed by atoms with Crippen LogP contribution in [0, 0.1) is 6.92 Å². The lowest BCUT2D eigenvalue weighted by Gasteiger charge is -2.35. The molecule has 0 N–H and O–H groups in total. The van der Waals surface area contributed by atoms with Crippen LogP contribution in [-0.4, -0.2) is 54.8 Å². The Labute approximate surface area is 159 Å². The van der Waals surface area contributed by atoms with Crippen molar-refractivity contribution in [3.8, 4) is 11.5 Å². The van der Waals surface area contributed by atoms with Gasteiger partial charge in [-0.15, -0.1) is 0 Å². The highest BCUT2D eigenvalue weighted by Crippen LogP contribution is 2.29. The van der Waals surface area contributed by atoms with Gasteiger partial charge in [0.1, 0.15) is 23.9 Å². The van der Waals surface area contributed by atoms with Crippen LogP contribution in [0.3, 0.4) is 0 Å². The third-order valence-corrected chi connectivity index (χ3v) is 5.02. The average molecular weight is 373 g/mol. The number of benzene rings is 1. The number of hydrogen-bond donors (Lipinski definition) is 0. The van der Waals surface area contributed by atoms with E-state index in [0.717, 1.165) is 30.9 Å². The summed E-state index contributed by atoms with van der Waals surface area (Å²) >= 11 is 0. The van der Waals surface area contributed by atoms with Crippen molar-refractivity contribution in [3.05, 3.63) is 41.5 Å². The van der Waals surface area contributed by atoms with Gasteiger partial charge in [0.15, 0.2) is 0 Å². The smallest absolute Gasteiger partial charge is 0.257 e. The van der Waals surface area contributed by atoms with Gasteiger partial charge in [-0.3, -0.25) is 4.79 Å². The molecule has 146 valence electrons. The van der Waals surface area contributed by atoms with Gasteiger partial charge >= 0.3 is 0 Å². The second kappa shape index (κ2) is 8.43. The van der Waals surface area contributed by atoms with Crippen LogP contribution >= 0.6 is 0 Å². The molecule has 1 aliphatic rings. The summed E-state index contributed by atoms with van der Waals surface area (Å²) in [6, 6.07) is 5.49. The van der Waals surface area contributed by atoms with Crippen molar-refractivity contribution in [2.75, 3.05) is 34.4 Å². The predicted octanol–water partition coefficient (Wildman–Crippen LogP) is 2.83. The van der Waals surface area contributed by atoms with Gasteiger partial charge in [-0.2, -0.15) is 0 Å². The van der Waals surface area contributed by atoms with Crippen LogP contribution < -0.4 is 9.47 Å². The Kier molecular flexibility index (Phi) is 6.01. The standard InChI is InChI=1S/C20H27N3O4/c1-14-11-21-19(13-25-2)23(14)15-6-5-9-22(12-15)20(24)17-8-7-16(26-3)10-18(17)27-4/h7-8,10-11,15H,5-6,9,12-13H2,1-4H3. The van der Waals surface area contributed by atoms with Gasteiger partial charge in [0, 0.05) is 38.2 Å². The van der Waals surface area contributed by atoms with E-state index >= 15 is 0 Å². The Morgan fingerprint density at radius 1 is 1.26 bits per heavy atom. The molecule has 3 rings (SSSR count). The van der Waals surface area contributed by atoms with Gasteiger partial charge in [-0.05, 0) is 31.9 Å². The summed E-state index contributed by atoms with van der Waals surface area (Å²) in [5, 5.41) is 0. The molecule has 0 saturated carbocycles. The lowest BCUT2D eigenvalue weighted by molar-refractivity contribution is 0.0669. The second-order valence-electron chi connectivity index (χ2n) is 6.73. The van der Waals surface area contributed by atoms with E-state index in [9.17, 15) is 4.79 Å². The molecule has 1 saturated heterocycles. The highest BCUT2D eigenvalue weighted by Gasteiger charge is 2.29. The number of carbonyl (C=O) groups is 1. The summed E-state index contributed by atoms with van der Waals surface area (Å²) in [5.41, 5.74) is 1.64. The molecule has 7 nitrogen and oxygen atoms in total. The predicted molar refractivity (Wildman–Crippen MR) is 101 cm³/mol. The number of amides is 1. The first-order valence-corrected chi connectivity index (χ1v) is 9.12. The van der Waals surface area contributed by atoms with E-state index in [1.165, 1.54) is 0 Å². The zero-order chi connectivity index (χ0) is 19.4. The molecule has 1 aromatic carbocycles. The normalized spacial score (nSPS) is 17.0. The van der Waals surface area contributed by atoms with Crippen molar-refractivity contribution in [2.45, 2.75) is 32.4 Å².